The smallest absolute Gasteiger partial charge is 0.222 e. The third kappa shape index (κ3) is 2.15. The first-order valence-corrected chi connectivity index (χ1v) is 4.83. The number of nitrogens with zero attached hydrogens (tertiary/aromatic N) is 2. The molecule has 0 aliphatic carbocycles. The van der Waals surface area contributed by atoms with Gasteiger partial charge in [0, 0.05) is 6.61 Å². The summed E-state index contributed by atoms with van der Waals surface area (Å²) >= 11 is 0. The lowest BCUT2D eigenvalue weighted by atomic mass is 10.1. The van der Waals surface area contributed by atoms with E-state index < -0.39 is 5.82 Å². The molecule has 2 rings (SSSR count). The van der Waals surface area contributed by atoms with Gasteiger partial charge in [0.2, 0.25) is 5.95 Å². The van der Waals surface area contributed by atoms with Gasteiger partial charge in [-0.3, -0.25) is 0 Å². The van der Waals surface area contributed by atoms with Crippen LogP contribution in [0.1, 0.15) is 13.3 Å². The molecule has 0 bridgehead atoms. The Bertz CT molecular complexity index is 360. The van der Waals surface area contributed by atoms with Crippen LogP contribution in [-0.2, 0) is 4.74 Å². The molecule has 6 heteroatoms. The zero-order valence-electron chi connectivity index (χ0n) is 8.40. The number of halogens is 1. The van der Waals surface area contributed by atoms with Crippen LogP contribution in [0.3, 0.4) is 0 Å². The van der Waals surface area contributed by atoms with E-state index in [2.05, 4.69) is 15.3 Å². The number of hydrogen-bond donors (Lipinski definition) is 2. The van der Waals surface area contributed by atoms with Gasteiger partial charge in [-0.05, 0) is 13.3 Å². The van der Waals surface area contributed by atoms with Crippen molar-refractivity contribution in [3.05, 3.63) is 12.0 Å². The number of nitrogens with one attached hydrogen (secondary N) is 1. The molecule has 0 aromatic carbocycles. The lowest BCUT2D eigenvalue weighted by molar-refractivity contribution is 0.121. The van der Waals surface area contributed by atoms with Gasteiger partial charge in [0.05, 0.1) is 18.3 Å². The third-order valence-electron chi connectivity index (χ3n) is 2.46. The minimum Gasteiger partial charge on any atom is -0.376 e. The zero-order valence-corrected chi connectivity index (χ0v) is 8.40. The summed E-state index contributed by atoms with van der Waals surface area (Å²) in [5.41, 5.74) is 5.38. The van der Waals surface area contributed by atoms with Crippen LogP contribution in [0.5, 0.6) is 0 Å². The molecule has 0 radical (unpaired) electrons. The topological polar surface area (TPSA) is 73.1 Å². The van der Waals surface area contributed by atoms with Crippen molar-refractivity contribution in [3.63, 3.8) is 0 Å². The number of hydrogen-bond acceptors (Lipinski definition) is 5. The number of anilines is 2. The largest absolute Gasteiger partial charge is 0.376 e. The Labute approximate surface area is 86.9 Å². The number of nitrogens with two attached hydrogens (primary N) is 1. The molecule has 1 saturated heterocycles. The monoisotopic (exact) mass is 212 g/mol. The van der Waals surface area contributed by atoms with Gasteiger partial charge < -0.3 is 15.8 Å². The third-order valence-corrected chi connectivity index (χ3v) is 2.46. The minimum absolute atomic E-state index is 0.0561. The van der Waals surface area contributed by atoms with E-state index >= 15 is 0 Å². The Morgan fingerprint density at radius 2 is 2.47 bits per heavy atom. The van der Waals surface area contributed by atoms with E-state index in [4.69, 9.17) is 10.5 Å². The lowest BCUT2D eigenvalue weighted by Crippen LogP contribution is -2.27. The molecule has 1 aliphatic rings. The molecule has 2 atom stereocenters. The van der Waals surface area contributed by atoms with E-state index in [1.807, 2.05) is 6.92 Å². The Kier molecular flexibility index (Phi) is 2.68. The fraction of sp³-hybridized carbons (Fsp3) is 0.556. The summed E-state index contributed by atoms with van der Waals surface area (Å²) in [6.07, 6.45) is 1.95. The van der Waals surface area contributed by atoms with Gasteiger partial charge in [-0.2, -0.15) is 4.98 Å². The highest BCUT2D eigenvalue weighted by Crippen LogP contribution is 2.19. The van der Waals surface area contributed by atoms with E-state index in [0.717, 1.165) is 12.6 Å². The van der Waals surface area contributed by atoms with Crippen molar-refractivity contribution in [2.24, 2.45) is 0 Å². The summed E-state index contributed by atoms with van der Waals surface area (Å²) in [5.74, 6) is -0.293. The molecule has 1 aromatic rings. The maximum Gasteiger partial charge on any atom is 0.222 e. The lowest BCUT2D eigenvalue weighted by Gasteiger charge is -2.16. The van der Waals surface area contributed by atoms with Crippen molar-refractivity contribution < 1.29 is 9.13 Å². The highest BCUT2D eigenvalue weighted by Gasteiger charge is 2.25. The molecular weight excluding hydrogens is 199 g/mol. The van der Waals surface area contributed by atoms with Crippen LogP contribution in [0.25, 0.3) is 0 Å². The maximum atomic E-state index is 13.3. The summed E-state index contributed by atoms with van der Waals surface area (Å²) in [4.78, 5) is 7.35. The zero-order chi connectivity index (χ0) is 10.8. The van der Waals surface area contributed by atoms with Gasteiger partial charge in [-0.25, -0.2) is 9.37 Å². The first-order chi connectivity index (χ1) is 7.16. The standard InChI is InChI=1S/C9H13FN4O/c1-5-7(2-3-15-5)13-8-6(10)4-12-9(11)14-8/h4-5,7H,2-3H2,1H3,(H3,11,12,13,14). The predicted molar refractivity (Wildman–Crippen MR) is 53.8 cm³/mol. The first kappa shape index (κ1) is 10.1. The number of ether oxygens (including phenoxy) is 1. The molecule has 1 aromatic heterocycles. The SMILES string of the molecule is CC1OCCC1Nc1nc(N)ncc1F. The summed E-state index contributed by atoms with van der Waals surface area (Å²) in [6, 6.07) is 0.0776. The summed E-state index contributed by atoms with van der Waals surface area (Å²) in [6.45, 7) is 2.62. The van der Waals surface area contributed by atoms with Crippen LogP contribution in [0.2, 0.25) is 0 Å². The van der Waals surface area contributed by atoms with Crippen molar-refractivity contribution in [3.8, 4) is 0 Å². The van der Waals surface area contributed by atoms with Crippen molar-refractivity contribution in [2.45, 2.75) is 25.5 Å². The Balaban J connectivity index is 2.12. The van der Waals surface area contributed by atoms with E-state index in [9.17, 15) is 4.39 Å². The fourth-order valence-corrected chi connectivity index (χ4v) is 1.58. The van der Waals surface area contributed by atoms with E-state index in [1.165, 1.54) is 0 Å². The van der Waals surface area contributed by atoms with E-state index in [1.54, 1.807) is 0 Å². The second-order valence-electron chi connectivity index (χ2n) is 3.54. The van der Waals surface area contributed by atoms with Gasteiger partial charge in [0.25, 0.3) is 0 Å². The number of aromatic nitrogens is 2. The second kappa shape index (κ2) is 3.98. The summed E-state index contributed by atoms with van der Waals surface area (Å²) in [7, 11) is 0. The minimum atomic E-state index is -0.497. The van der Waals surface area contributed by atoms with Crippen LogP contribution in [0, 0.1) is 5.82 Å². The van der Waals surface area contributed by atoms with Crippen LogP contribution in [0.4, 0.5) is 16.2 Å². The molecule has 82 valence electrons. The Morgan fingerprint density at radius 3 is 3.13 bits per heavy atom. The van der Waals surface area contributed by atoms with Crippen LogP contribution < -0.4 is 11.1 Å². The van der Waals surface area contributed by atoms with Gasteiger partial charge in [0.1, 0.15) is 0 Å². The highest BCUT2D eigenvalue weighted by molar-refractivity contribution is 5.40. The van der Waals surface area contributed by atoms with Gasteiger partial charge in [0.15, 0.2) is 11.6 Å². The van der Waals surface area contributed by atoms with E-state index in [0.29, 0.717) is 6.61 Å². The van der Waals surface area contributed by atoms with Crippen molar-refractivity contribution in [2.75, 3.05) is 17.7 Å². The maximum absolute atomic E-state index is 13.3. The second-order valence-corrected chi connectivity index (χ2v) is 3.54. The van der Waals surface area contributed by atoms with Gasteiger partial charge in [-0.15, -0.1) is 0 Å². The fourth-order valence-electron chi connectivity index (χ4n) is 1.58. The molecule has 0 spiro atoms. The molecule has 1 aliphatic heterocycles. The normalized spacial score (nSPS) is 25.5. The summed E-state index contributed by atoms with van der Waals surface area (Å²) in [5, 5.41) is 2.97. The molecular formula is C9H13FN4O. The van der Waals surface area contributed by atoms with Crippen LogP contribution >= 0.6 is 0 Å². The first-order valence-electron chi connectivity index (χ1n) is 4.83. The Morgan fingerprint density at radius 1 is 1.67 bits per heavy atom. The van der Waals surface area contributed by atoms with Crippen LogP contribution in [-0.4, -0.2) is 28.7 Å². The molecule has 2 heterocycles. The average Bonchev–Trinajstić information content (AvgIpc) is 2.58. The Hall–Kier alpha value is -1.43. The van der Waals surface area contributed by atoms with Gasteiger partial charge >= 0.3 is 0 Å². The van der Waals surface area contributed by atoms with Crippen molar-refractivity contribution >= 4 is 11.8 Å². The van der Waals surface area contributed by atoms with Crippen molar-refractivity contribution in [1.82, 2.24) is 9.97 Å². The number of nitrogen functional groups attached to an aromatic ring is 1. The molecule has 1 fully saturated rings. The number of rotatable bonds is 2. The molecule has 15 heavy (non-hydrogen) atoms. The molecule has 5 nitrogen and oxygen atoms in total. The molecule has 2 unspecified atom stereocenters. The average molecular weight is 212 g/mol. The van der Waals surface area contributed by atoms with Gasteiger partial charge in [-0.1, -0.05) is 0 Å². The molecule has 0 amide bonds. The quantitative estimate of drug-likeness (QED) is 0.758. The molecule has 0 saturated carbocycles. The molecule has 3 N–H and O–H groups in total. The predicted octanol–water partition coefficient (Wildman–Crippen LogP) is 0.787. The van der Waals surface area contributed by atoms with E-state index in [-0.39, 0.29) is 23.9 Å². The summed E-state index contributed by atoms with van der Waals surface area (Å²) < 4.78 is 18.6. The van der Waals surface area contributed by atoms with Crippen LogP contribution in [0.15, 0.2) is 6.20 Å². The highest BCUT2D eigenvalue weighted by atomic mass is 19.1. The van der Waals surface area contributed by atoms with Crippen molar-refractivity contribution in [1.29, 1.82) is 0 Å².